The van der Waals surface area contributed by atoms with Gasteiger partial charge in [0, 0.05) is 0 Å². The maximum absolute atomic E-state index is 13.3. The molecule has 0 spiro atoms. The summed E-state index contributed by atoms with van der Waals surface area (Å²) >= 11 is 1.10. The molecule has 152 valence electrons. The number of rotatable bonds is 8. The van der Waals surface area contributed by atoms with Crippen LogP contribution in [0.3, 0.4) is 0 Å². The molecule has 0 radical (unpaired) electrons. The van der Waals surface area contributed by atoms with E-state index < -0.39 is 15.9 Å². The van der Waals surface area contributed by atoms with E-state index in [2.05, 4.69) is 5.32 Å². The maximum atomic E-state index is 13.3. The minimum atomic E-state index is -3.93. The predicted octanol–water partition coefficient (Wildman–Crippen LogP) is 3.83. The van der Waals surface area contributed by atoms with Crippen LogP contribution in [0.15, 0.2) is 76.3 Å². The molecule has 6 nitrogen and oxygen atoms in total. The van der Waals surface area contributed by atoms with Crippen molar-refractivity contribution >= 4 is 33.0 Å². The lowest BCUT2D eigenvalue weighted by atomic mass is 10.1. The van der Waals surface area contributed by atoms with Crippen LogP contribution in [0.2, 0.25) is 0 Å². The SMILES string of the molecule is COc1ccccc1N(CC(=O)NC(C)c1ccccc1)S(=O)(=O)c1cccs1. The number of benzene rings is 2. The molecule has 29 heavy (non-hydrogen) atoms. The number of anilines is 1. The van der Waals surface area contributed by atoms with E-state index in [1.807, 2.05) is 37.3 Å². The monoisotopic (exact) mass is 430 g/mol. The first-order valence-electron chi connectivity index (χ1n) is 8.97. The summed E-state index contributed by atoms with van der Waals surface area (Å²) in [6, 6.07) is 19.2. The molecule has 0 aliphatic rings. The fourth-order valence-corrected chi connectivity index (χ4v) is 5.43. The van der Waals surface area contributed by atoms with Crippen LogP contribution in [0.5, 0.6) is 5.75 Å². The Morgan fingerprint density at radius 2 is 1.76 bits per heavy atom. The Morgan fingerprint density at radius 1 is 1.07 bits per heavy atom. The van der Waals surface area contributed by atoms with Crippen molar-refractivity contribution in [2.24, 2.45) is 0 Å². The highest BCUT2D eigenvalue weighted by Crippen LogP contribution is 2.33. The van der Waals surface area contributed by atoms with Gasteiger partial charge in [0.2, 0.25) is 5.91 Å². The standard InChI is InChI=1S/C21H22N2O4S2/c1-16(17-9-4-3-5-10-17)22-20(24)15-23(18-11-6-7-12-19(18)27-2)29(25,26)21-13-8-14-28-21/h3-14,16H,15H2,1-2H3,(H,22,24). The van der Waals surface area contributed by atoms with Crippen LogP contribution in [0.4, 0.5) is 5.69 Å². The highest BCUT2D eigenvalue weighted by atomic mass is 32.2. The Hall–Kier alpha value is -2.84. The van der Waals surface area contributed by atoms with E-state index in [0.29, 0.717) is 11.4 Å². The van der Waals surface area contributed by atoms with E-state index in [4.69, 9.17) is 4.74 Å². The third-order valence-electron chi connectivity index (χ3n) is 4.36. The van der Waals surface area contributed by atoms with Crippen LogP contribution in [-0.2, 0) is 14.8 Å². The van der Waals surface area contributed by atoms with Crippen molar-refractivity contribution in [3.8, 4) is 5.75 Å². The number of hydrogen-bond acceptors (Lipinski definition) is 5. The Bertz CT molecular complexity index is 1050. The predicted molar refractivity (Wildman–Crippen MR) is 115 cm³/mol. The van der Waals surface area contributed by atoms with Gasteiger partial charge < -0.3 is 10.1 Å². The highest BCUT2D eigenvalue weighted by molar-refractivity contribution is 7.94. The van der Waals surface area contributed by atoms with E-state index in [9.17, 15) is 13.2 Å². The van der Waals surface area contributed by atoms with Crippen LogP contribution in [0, 0.1) is 0 Å². The van der Waals surface area contributed by atoms with Crippen molar-refractivity contribution < 1.29 is 17.9 Å². The lowest BCUT2D eigenvalue weighted by Gasteiger charge is -2.25. The molecule has 0 aliphatic carbocycles. The van der Waals surface area contributed by atoms with Gasteiger partial charge in [0.15, 0.2) is 0 Å². The zero-order valence-corrected chi connectivity index (χ0v) is 17.7. The first kappa shape index (κ1) is 20.9. The van der Waals surface area contributed by atoms with Gasteiger partial charge in [-0.05, 0) is 36.1 Å². The Labute approximate surface area is 174 Å². The van der Waals surface area contributed by atoms with Gasteiger partial charge in [-0.2, -0.15) is 0 Å². The van der Waals surface area contributed by atoms with Crippen molar-refractivity contribution in [1.29, 1.82) is 0 Å². The van der Waals surface area contributed by atoms with Crippen molar-refractivity contribution in [3.63, 3.8) is 0 Å². The molecular formula is C21H22N2O4S2. The average Bonchev–Trinajstić information content (AvgIpc) is 3.28. The average molecular weight is 431 g/mol. The van der Waals surface area contributed by atoms with Gasteiger partial charge in [-0.3, -0.25) is 9.10 Å². The number of thiophene rings is 1. The number of carbonyl (C=O) groups excluding carboxylic acids is 1. The summed E-state index contributed by atoms with van der Waals surface area (Å²) < 4.78 is 33.1. The highest BCUT2D eigenvalue weighted by Gasteiger charge is 2.30. The van der Waals surface area contributed by atoms with E-state index in [0.717, 1.165) is 21.2 Å². The number of methoxy groups -OCH3 is 1. The molecule has 1 unspecified atom stereocenters. The molecule has 0 bridgehead atoms. The van der Waals surface area contributed by atoms with Gasteiger partial charge in [-0.25, -0.2) is 8.42 Å². The van der Waals surface area contributed by atoms with Gasteiger partial charge in [0.25, 0.3) is 10.0 Å². The van der Waals surface area contributed by atoms with Crippen molar-refractivity contribution in [2.75, 3.05) is 18.0 Å². The lowest BCUT2D eigenvalue weighted by molar-refractivity contribution is -0.120. The molecule has 0 saturated carbocycles. The van der Waals surface area contributed by atoms with Crippen LogP contribution < -0.4 is 14.4 Å². The smallest absolute Gasteiger partial charge is 0.274 e. The van der Waals surface area contributed by atoms with E-state index in [-0.39, 0.29) is 16.8 Å². The number of para-hydroxylation sites is 2. The van der Waals surface area contributed by atoms with Crippen molar-refractivity contribution in [1.82, 2.24) is 5.32 Å². The van der Waals surface area contributed by atoms with Gasteiger partial charge >= 0.3 is 0 Å². The number of ether oxygens (including phenoxy) is 1. The summed E-state index contributed by atoms with van der Waals surface area (Å²) in [5.74, 6) is -0.0380. The van der Waals surface area contributed by atoms with Crippen molar-refractivity contribution in [2.45, 2.75) is 17.2 Å². The van der Waals surface area contributed by atoms with Crippen LogP contribution in [-0.4, -0.2) is 28.0 Å². The van der Waals surface area contributed by atoms with E-state index in [1.54, 1.807) is 35.7 Å². The number of carbonyl (C=O) groups is 1. The first-order valence-corrected chi connectivity index (χ1v) is 11.3. The van der Waals surface area contributed by atoms with E-state index >= 15 is 0 Å². The molecule has 1 aromatic heterocycles. The van der Waals surface area contributed by atoms with Gasteiger partial charge in [0.05, 0.1) is 18.8 Å². The molecule has 1 heterocycles. The lowest BCUT2D eigenvalue weighted by Crippen LogP contribution is -2.41. The fraction of sp³-hybridized carbons (Fsp3) is 0.190. The van der Waals surface area contributed by atoms with Gasteiger partial charge in [-0.1, -0.05) is 48.5 Å². The Morgan fingerprint density at radius 3 is 2.41 bits per heavy atom. The quantitative estimate of drug-likeness (QED) is 0.589. The summed E-state index contributed by atoms with van der Waals surface area (Å²) in [7, 11) is -2.46. The zero-order valence-electron chi connectivity index (χ0n) is 16.1. The topological polar surface area (TPSA) is 75.7 Å². The third-order valence-corrected chi connectivity index (χ3v) is 7.49. The molecule has 3 rings (SSSR count). The number of hydrogen-bond donors (Lipinski definition) is 1. The second kappa shape index (κ2) is 9.11. The largest absolute Gasteiger partial charge is 0.495 e. The van der Waals surface area contributed by atoms with Crippen LogP contribution in [0.1, 0.15) is 18.5 Å². The molecule has 2 aromatic carbocycles. The minimum Gasteiger partial charge on any atom is -0.495 e. The summed E-state index contributed by atoms with van der Waals surface area (Å²) in [5.41, 5.74) is 1.25. The zero-order chi connectivity index (χ0) is 20.9. The maximum Gasteiger partial charge on any atom is 0.274 e. The molecule has 1 N–H and O–H groups in total. The third kappa shape index (κ3) is 4.78. The second-order valence-corrected chi connectivity index (χ2v) is 9.35. The molecule has 8 heteroatoms. The molecule has 0 fully saturated rings. The number of sulfonamides is 1. The summed E-state index contributed by atoms with van der Waals surface area (Å²) in [4.78, 5) is 12.8. The molecular weight excluding hydrogens is 408 g/mol. The molecule has 0 aliphatic heterocycles. The molecule has 0 saturated heterocycles. The molecule has 3 aromatic rings. The molecule has 1 amide bonds. The Kier molecular flexibility index (Phi) is 6.56. The Balaban J connectivity index is 1.91. The summed E-state index contributed by atoms with van der Waals surface area (Å²) in [5, 5.41) is 4.55. The molecule has 1 atom stereocenters. The van der Waals surface area contributed by atoms with E-state index in [1.165, 1.54) is 13.2 Å². The van der Waals surface area contributed by atoms with Crippen LogP contribution >= 0.6 is 11.3 Å². The van der Waals surface area contributed by atoms with Gasteiger partial charge in [-0.15, -0.1) is 11.3 Å². The number of amides is 1. The van der Waals surface area contributed by atoms with Crippen molar-refractivity contribution in [3.05, 3.63) is 77.7 Å². The normalized spacial score (nSPS) is 12.2. The minimum absolute atomic E-state index is 0.160. The van der Waals surface area contributed by atoms with Gasteiger partial charge in [0.1, 0.15) is 16.5 Å². The second-order valence-electron chi connectivity index (χ2n) is 6.32. The first-order chi connectivity index (χ1) is 13.9. The fourth-order valence-electron chi connectivity index (χ4n) is 2.90. The van der Waals surface area contributed by atoms with Crippen LogP contribution in [0.25, 0.3) is 0 Å². The number of nitrogens with one attached hydrogen (secondary N) is 1. The summed E-state index contributed by atoms with van der Waals surface area (Å²) in [6.07, 6.45) is 0. The number of nitrogens with zero attached hydrogens (tertiary/aromatic N) is 1. The summed E-state index contributed by atoms with van der Waals surface area (Å²) in [6.45, 7) is 1.49.